The van der Waals surface area contributed by atoms with Crippen LogP contribution in [0.15, 0.2) is 18.2 Å². The average molecular weight is 279 g/mol. The Labute approximate surface area is 118 Å². The van der Waals surface area contributed by atoms with Crippen LogP contribution in [-0.2, 0) is 20.2 Å². The molecule has 0 saturated carbocycles. The lowest BCUT2D eigenvalue weighted by molar-refractivity contribution is 0.282. The largest absolute Gasteiger partial charge is 0.472 e. The molecule has 1 N–H and O–H groups in total. The van der Waals surface area contributed by atoms with Gasteiger partial charge in [0.25, 0.3) is 0 Å². The zero-order valence-corrected chi connectivity index (χ0v) is 12.8. The van der Waals surface area contributed by atoms with E-state index in [-0.39, 0.29) is 0 Å². The smallest absolute Gasteiger partial charge is 0.212 e. The van der Waals surface area contributed by atoms with Gasteiger partial charge in [-0.05, 0) is 19.1 Å². The van der Waals surface area contributed by atoms with Gasteiger partial charge in [-0.2, -0.15) is 5.10 Å². The van der Waals surface area contributed by atoms with Crippen molar-refractivity contribution >= 4 is 11.3 Å². The maximum absolute atomic E-state index is 5.77. The van der Waals surface area contributed by atoms with Crippen LogP contribution in [0.2, 0.25) is 0 Å². The minimum absolute atomic E-state index is 0.513. The van der Waals surface area contributed by atoms with Gasteiger partial charge < -0.3 is 10.1 Å². The minimum Gasteiger partial charge on any atom is -0.472 e. The van der Waals surface area contributed by atoms with Gasteiger partial charge in [-0.25, -0.2) is 4.68 Å². The Balaban J connectivity index is 1.88. The van der Waals surface area contributed by atoms with Crippen LogP contribution in [0.4, 0.5) is 0 Å². The van der Waals surface area contributed by atoms with E-state index < -0.39 is 0 Å². The van der Waals surface area contributed by atoms with Crippen LogP contribution in [0.3, 0.4) is 0 Å². The molecule has 2 rings (SSSR count). The Hall–Kier alpha value is -1.33. The predicted molar refractivity (Wildman–Crippen MR) is 78.6 cm³/mol. The van der Waals surface area contributed by atoms with Crippen molar-refractivity contribution in [1.82, 2.24) is 15.1 Å². The first-order valence-electron chi connectivity index (χ1n) is 6.49. The summed E-state index contributed by atoms with van der Waals surface area (Å²) in [6, 6.07) is 6.76. The van der Waals surface area contributed by atoms with Gasteiger partial charge in [0.1, 0.15) is 6.61 Å². The van der Waals surface area contributed by atoms with Gasteiger partial charge in [0, 0.05) is 35.5 Å². The van der Waals surface area contributed by atoms with Gasteiger partial charge in [0.2, 0.25) is 5.88 Å². The number of nitrogens with one attached hydrogen (secondary N) is 1. The van der Waals surface area contributed by atoms with Gasteiger partial charge in [0.05, 0.1) is 5.69 Å². The lowest BCUT2D eigenvalue weighted by Gasteiger charge is -2.05. The molecule has 0 fully saturated rings. The first kappa shape index (κ1) is 14.1. The summed E-state index contributed by atoms with van der Waals surface area (Å²) in [6.45, 7) is 7.80. The number of aromatic nitrogens is 2. The van der Waals surface area contributed by atoms with Gasteiger partial charge in [-0.15, -0.1) is 11.3 Å². The highest BCUT2D eigenvalue weighted by atomic mass is 32.1. The molecule has 0 aliphatic heterocycles. The Morgan fingerprint density at radius 3 is 2.74 bits per heavy atom. The summed E-state index contributed by atoms with van der Waals surface area (Å²) < 4.78 is 7.54. The zero-order valence-electron chi connectivity index (χ0n) is 11.9. The summed E-state index contributed by atoms with van der Waals surface area (Å²) >= 11 is 1.79. The van der Waals surface area contributed by atoms with Crippen molar-refractivity contribution in [3.8, 4) is 5.88 Å². The second-order valence-corrected chi connectivity index (χ2v) is 6.19. The van der Waals surface area contributed by atoms with Crippen molar-refractivity contribution in [3.05, 3.63) is 33.6 Å². The van der Waals surface area contributed by atoms with Crippen molar-refractivity contribution in [2.75, 3.05) is 0 Å². The molecular formula is C14H21N3OS. The summed E-state index contributed by atoms with van der Waals surface area (Å²) in [7, 11) is 1.90. The number of thiophene rings is 1. The SMILES string of the molecule is Cc1cc(OCc2ccc(CNC(C)C)s2)n(C)n1. The monoisotopic (exact) mass is 279 g/mol. The van der Waals surface area contributed by atoms with Crippen LogP contribution in [-0.4, -0.2) is 15.8 Å². The zero-order chi connectivity index (χ0) is 13.8. The number of hydrogen-bond acceptors (Lipinski definition) is 4. The molecule has 4 nitrogen and oxygen atoms in total. The third kappa shape index (κ3) is 4.08. The highest BCUT2D eigenvalue weighted by Crippen LogP contribution is 2.19. The molecule has 0 atom stereocenters. The minimum atomic E-state index is 0.513. The molecule has 0 spiro atoms. The molecule has 0 aliphatic rings. The Bertz CT molecular complexity index is 531. The molecule has 2 heterocycles. The lowest BCUT2D eigenvalue weighted by atomic mass is 10.3. The van der Waals surface area contributed by atoms with Crippen LogP contribution < -0.4 is 10.1 Å². The fraction of sp³-hybridized carbons (Fsp3) is 0.500. The molecule has 2 aromatic heterocycles. The van der Waals surface area contributed by atoms with E-state index in [2.05, 4.69) is 36.4 Å². The molecular weight excluding hydrogens is 258 g/mol. The van der Waals surface area contributed by atoms with E-state index in [4.69, 9.17) is 4.74 Å². The van der Waals surface area contributed by atoms with Crippen molar-refractivity contribution in [1.29, 1.82) is 0 Å². The first-order valence-corrected chi connectivity index (χ1v) is 7.30. The summed E-state index contributed by atoms with van der Waals surface area (Å²) in [5.41, 5.74) is 0.977. The van der Waals surface area contributed by atoms with E-state index in [1.54, 1.807) is 16.0 Å². The highest BCUT2D eigenvalue weighted by molar-refractivity contribution is 7.11. The molecule has 0 radical (unpaired) electrons. The van der Waals surface area contributed by atoms with Crippen LogP contribution in [0, 0.1) is 6.92 Å². The second-order valence-electron chi connectivity index (χ2n) is 4.94. The van der Waals surface area contributed by atoms with E-state index in [0.29, 0.717) is 12.6 Å². The van der Waals surface area contributed by atoms with Gasteiger partial charge in [-0.3, -0.25) is 0 Å². The number of nitrogens with zero attached hydrogens (tertiary/aromatic N) is 2. The Morgan fingerprint density at radius 2 is 2.11 bits per heavy atom. The van der Waals surface area contributed by atoms with E-state index in [9.17, 15) is 0 Å². The molecule has 0 amide bonds. The molecule has 0 bridgehead atoms. The molecule has 0 aliphatic carbocycles. The topological polar surface area (TPSA) is 39.1 Å². The molecule has 19 heavy (non-hydrogen) atoms. The second kappa shape index (κ2) is 6.21. The summed E-state index contributed by atoms with van der Waals surface area (Å²) in [5, 5.41) is 7.68. The average Bonchev–Trinajstić information content (AvgIpc) is 2.91. The number of rotatable bonds is 6. The van der Waals surface area contributed by atoms with Crippen molar-refractivity contribution in [2.24, 2.45) is 7.05 Å². The number of aryl methyl sites for hydroxylation is 2. The van der Waals surface area contributed by atoms with Crippen molar-refractivity contribution in [3.63, 3.8) is 0 Å². The number of hydrogen-bond donors (Lipinski definition) is 1. The molecule has 104 valence electrons. The fourth-order valence-electron chi connectivity index (χ4n) is 1.77. The number of ether oxygens (including phenoxy) is 1. The standard InChI is InChI=1S/C14H21N3OS/c1-10(2)15-8-12-5-6-13(19-12)9-18-14-7-11(3)16-17(14)4/h5-7,10,15H,8-9H2,1-4H3. The molecule has 0 unspecified atom stereocenters. The van der Waals surface area contributed by atoms with Gasteiger partial charge >= 0.3 is 0 Å². The first-order chi connectivity index (χ1) is 9.04. The predicted octanol–water partition coefficient (Wildman–Crippen LogP) is 2.87. The van der Waals surface area contributed by atoms with Gasteiger partial charge in [-0.1, -0.05) is 13.8 Å². The van der Waals surface area contributed by atoms with E-state index in [1.807, 2.05) is 20.0 Å². The Morgan fingerprint density at radius 1 is 1.37 bits per heavy atom. The third-order valence-corrected chi connectivity index (χ3v) is 3.78. The highest BCUT2D eigenvalue weighted by Gasteiger charge is 2.05. The van der Waals surface area contributed by atoms with Crippen LogP contribution in [0.5, 0.6) is 5.88 Å². The van der Waals surface area contributed by atoms with E-state index >= 15 is 0 Å². The quantitative estimate of drug-likeness (QED) is 0.883. The fourth-order valence-corrected chi connectivity index (χ4v) is 2.65. The lowest BCUT2D eigenvalue weighted by Crippen LogP contribution is -2.21. The van der Waals surface area contributed by atoms with Crippen molar-refractivity contribution in [2.45, 2.75) is 40.0 Å². The van der Waals surface area contributed by atoms with Crippen molar-refractivity contribution < 1.29 is 4.74 Å². The van der Waals surface area contributed by atoms with Crippen LogP contribution in [0.25, 0.3) is 0 Å². The summed E-state index contributed by atoms with van der Waals surface area (Å²) in [6.07, 6.45) is 0. The van der Waals surface area contributed by atoms with Gasteiger partial charge in [0.15, 0.2) is 0 Å². The van der Waals surface area contributed by atoms with E-state index in [1.165, 1.54) is 9.75 Å². The van der Waals surface area contributed by atoms with E-state index in [0.717, 1.165) is 18.1 Å². The molecule has 0 saturated heterocycles. The van der Waals surface area contributed by atoms with Crippen LogP contribution >= 0.6 is 11.3 Å². The molecule has 5 heteroatoms. The van der Waals surface area contributed by atoms with Crippen LogP contribution in [0.1, 0.15) is 29.3 Å². The Kier molecular flexibility index (Phi) is 4.61. The maximum atomic E-state index is 5.77. The summed E-state index contributed by atoms with van der Waals surface area (Å²) in [4.78, 5) is 2.58. The molecule has 2 aromatic rings. The molecule has 0 aromatic carbocycles. The normalized spacial score (nSPS) is 11.2. The maximum Gasteiger partial charge on any atom is 0.212 e. The third-order valence-electron chi connectivity index (χ3n) is 2.72. The summed E-state index contributed by atoms with van der Waals surface area (Å²) in [5.74, 6) is 0.813.